The molecule has 4 heteroatoms. The quantitative estimate of drug-likeness (QED) is 0.372. The van der Waals surface area contributed by atoms with Crippen LogP contribution < -0.4 is 5.73 Å². The summed E-state index contributed by atoms with van der Waals surface area (Å²) in [4.78, 5) is 2.51. The van der Waals surface area contributed by atoms with Crippen LogP contribution in [0.4, 0.5) is 0 Å². The summed E-state index contributed by atoms with van der Waals surface area (Å²) in [5.74, 6) is 0.156. The van der Waals surface area contributed by atoms with Gasteiger partial charge >= 0.3 is 0 Å². The van der Waals surface area contributed by atoms with Gasteiger partial charge in [-0.15, -0.1) is 0 Å². The zero-order valence-corrected chi connectivity index (χ0v) is 11.1. The Morgan fingerprint density at radius 3 is 2.56 bits per heavy atom. The van der Waals surface area contributed by atoms with Crippen LogP contribution in [0.2, 0.25) is 0 Å². The molecule has 1 fully saturated rings. The molecule has 0 unspecified atom stereocenters. The summed E-state index contributed by atoms with van der Waals surface area (Å²) in [6.45, 7) is 6.72. The zero-order valence-electron chi connectivity index (χ0n) is 11.1. The molecule has 18 heavy (non-hydrogen) atoms. The zero-order chi connectivity index (χ0) is 13.2. The van der Waals surface area contributed by atoms with Crippen LogP contribution in [0.5, 0.6) is 0 Å². The van der Waals surface area contributed by atoms with E-state index in [0.29, 0.717) is 5.54 Å². The van der Waals surface area contributed by atoms with Crippen molar-refractivity contribution >= 4 is 5.84 Å². The summed E-state index contributed by atoms with van der Waals surface area (Å²) < 4.78 is 0. The molecule has 1 aliphatic rings. The summed E-state index contributed by atoms with van der Waals surface area (Å²) in [5.41, 5.74) is 7.85. The van der Waals surface area contributed by atoms with Crippen LogP contribution in [0.25, 0.3) is 0 Å². The second kappa shape index (κ2) is 4.98. The van der Waals surface area contributed by atoms with E-state index in [1.54, 1.807) is 0 Å². The third-order valence-corrected chi connectivity index (χ3v) is 3.80. The van der Waals surface area contributed by atoms with Crippen molar-refractivity contribution in [2.45, 2.75) is 38.8 Å². The summed E-state index contributed by atoms with van der Waals surface area (Å²) in [6, 6.07) is 7.88. The molecule has 1 saturated heterocycles. The number of rotatable bonds is 3. The molecule has 1 aliphatic heterocycles. The van der Waals surface area contributed by atoms with Gasteiger partial charge in [0.15, 0.2) is 5.84 Å². The Kier molecular flexibility index (Phi) is 3.57. The first kappa shape index (κ1) is 12.9. The Morgan fingerprint density at radius 2 is 2.06 bits per heavy atom. The minimum Gasteiger partial charge on any atom is -0.409 e. The van der Waals surface area contributed by atoms with Gasteiger partial charge in [-0.2, -0.15) is 0 Å². The van der Waals surface area contributed by atoms with E-state index >= 15 is 0 Å². The van der Waals surface area contributed by atoms with Crippen molar-refractivity contribution in [3.05, 3.63) is 35.4 Å². The van der Waals surface area contributed by atoms with Crippen LogP contribution in [-0.2, 0) is 6.54 Å². The van der Waals surface area contributed by atoms with Gasteiger partial charge in [-0.3, -0.25) is 4.90 Å². The van der Waals surface area contributed by atoms with Crippen LogP contribution in [0.3, 0.4) is 0 Å². The number of likely N-dealkylation sites (tertiary alicyclic amines) is 1. The van der Waals surface area contributed by atoms with E-state index < -0.39 is 0 Å². The number of benzene rings is 1. The maximum atomic E-state index is 8.61. The molecule has 3 N–H and O–H groups in total. The molecule has 0 saturated carbocycles. The second-order valence-electron chi connectivity index (χ2n) is 5.52. The first-order chi connectivity index (χ1) is 8.53. The number of nitrogens with zero attached hydrogens (tertiary/aromatic N) is 2. The number of hydrogen-bond donors (Lipinski definition) is 2. The van der Waals surface area contributed by atoms with Crippen molar-refractivity contribution in [2.75, 3.05) is 6.54 Å². The normalized spacial score (nSPS) is 20.2. The van der Waals surface area contributed by atoms with Crippen molar-refractivity contribution < 1.29 is 5.21 Å². The number of amidine groups is 1. The van der Waals surface area contributed by atoms with E-state index in [1.807, 2.05) is 24.3 Å². The van der Waals surface area contributed by atoms with Gasteiger partial charge in [0.2, 0.25) is 0 Å². The van der Waals surface area contributed by atoms with Gasteiger partial charge in [0.1, 0.15) is 0 Å². The lowest BCUT2D eigenvalue weighted by Crippen LogP contribution is -2.37. The summed E-state index contributed by atoms with van der Waals surface area (Å²) in [5, 5.41) is 11.6. The Morgan fingerprint density at radius 1 is 1.39 bits per heavy atom. The smallest absolute Gasteiger partial charge is 0.170 e. The van der Waals surface area contributed by atoms with Gasteiger partial charge in [0.05, 0.1) is 0 Å². The standard InChI is InChI=1S/C14H21N3O/c1-14(2)8-3-9-17(14)10-11-4-6-12(7-5-11)13(15)16-18/h4-7,18H,3,8-10H2,1-2H3,(H2,15,16). The average Bonchev–Trinajstić information content (AvgIpc) is 2.69. The highest BCUT2D eigenvalue weighted by atomic mass is 16.4. The first-order valence-electron chi connectivity index (χ1n) is 6.35. The predicted molar refractivity (Wildman–Crippen MR) is 72.7 cm³/mol. The third-order valence-electron chi connectivity index (χ3n) is 3.80. The molecular weight excluding hydrogens is 226 g/mol. The van der Waals surface area contributed by atoms with Gasteiger partial charge in [0, 0.05) is 17.6 Å². The molecule has 0 atom stereocenters. The summed E-state index contributed by atoms with van der Waals surface area (Å²) in [6.07, 6.45) is 2.53. The molecule has 0 spiro atoms. The second-order valence-corrected chi connectivity index (χ2v) is 5.52. The van der Waals surface area contributed by atoms with E-state index in [4.69, 9.17) is 10.9 Å². The molecule has 1 aromatic rings. The highest BCUT2D eigenvalue weighted by molar-refractivity contribution is 5.96. The molecule has 1 heterocycles. The molecule has 0 bridgehead atoms. The van der Waals surface area contributed by atoms with Crippen LogP contribution in [0.1, 0.15) is 37.8 Å². The first-order valence-corrected chi connectivity index (χ1v) is 6.35. The lowest BCUT2D eigenvalue weighted by Gasteiger charge is -2.31. The topological polar surface area (TPSA) is 61.8 Å². The molecule has 0 aromatic heterocycles. The molecule has 0 radical (unpaired) electrons. The molecule has 1 aromatic carbocycles. The number of nitrogens with two attached hydrogens (primary N) is 1. The van der Waals surface area contributed by atoms with Crippen molar-refractivity contribution in [2.24, 2.45) is 10.9 Å². The molecular formula is C14H21N3O. The fourth-order valence-electron chi connectivity index (χ4n) is 2.52. The monoisotopic (exact) mass is 247 g/mol. The molecule has 0 amide bonds. The minimum atomic E-state index is 0.156. The van der Waals surface area contributed by atoms with Crippen molar-refractivity contribution in [3.8, 4) is 0 Å². The van der Waals surface area contributed by atoms with Crippen LogP contribution in [-0.4, -0.2) is 28.0 Å². The summed E-state index contributed by atoms with van der Waals surface area (Å²) in [7, 11) is 0. The third kappa shape index (κ3) is 2.64. The van der Waals surface area contributed by atoms with Gasteiger partial charge in [-0.1, -0.05) is 29.4 Å². The largest absolute Gasteiger partial charge is 0.409 e. The van der Waals surface area contributed by atoms with Crippen LogP contribution in [0, 0.1) is 0 Å². The van der Waals surface area contributed by atoms with E-state index in [0.717, 1.165) is 18.7 Å². The molecule has 0 aliphatic carbocycles. The minimum absolute atomic E-state index is 0.156. The summed E-state index contributed by atoms with van der Waals surface area (Å²) >= 11 is 0. The van der Waals surface area contributed by atoms with Gasteiger partial charge in [-0.25, -0.2) is 0 Å². The maximum Gasteiger partial charge on any atom is 0.170 e. The van der Waals surface area contributed by atoms with Crippen molar-refractivity contribution in [1.82, 2.24) is 4.90 Å². The van der Waals surface area contributed by atoms with Crippen molar-refractivity contribution in [1.29, 1.82) is 0 Å². The lowest BCUT2D eigenvalue weighted by atomic mass is 10.0. The van der Waals surface area contributed by atoms with Crippen LogP contribution in [0.15, 0.2) is 29.4 Å². The molecule has 98 valence electrons. The van der Waals surface area contributed by atoms with E-state index in [2.05, 4.69) is 23.9 Å². The Labute approximate surface area is 108 Å². The Balaban J connectivity index is 2.07. The highest BCUT2D eigenvalue weighted by Gasteiger charge is 2.31. The van der Waals surface area contributed by atoms with Gasteiger partial charge in [-0.05, 0) is 38.8 Å². The number of hydrogen-bond acceptors (Lipinski definition) is 3. The SMILES string of the molecule is CC1(C)CCCN1Cc1ccc(C(N)=NO)cc1. The van der Waals surface area contributed by atoms with Crippen molar-refractivity contribution in [3.63, 3.8) is 0 Å². The maximum absolute atomic E-state index is 8.61. The fraction of sp³-hybridized carbons (Fsp3) is 0.500. The van der Waals surface area contributed by atoms with Gasteiger partial charge in [0.25, 0.3) is 0 Å². The van der Waals surface area contributed by atoms with E-state index in [-0.39, 0.29) is 5.84 Å². The number of oxime groups is 1. The predicted octanol–water partition coefficient (Wildman–Crippen LogP) is 2.16. The Bertz CT molecular complexity index is 437. The highest BCUT2D eigenvalue weighted by Crippen LogP contribution is 2.29. The van der Waals surface area contributed by atoms with E-state index in [1.165, 1.54) is 18.4 Å². The fourth-order valence-corrected chi connectivity index (χ4v) is 2.52. The molecule has 4 nitrogen and oxygen atoms in total. The Hall–Kier alpha value is -1.55. The van der Waals surface area contributed by atoms with E-state index in [9.17, 15) is 0 Å². The average molecular weight is 247 g/mol. The van der Waals surface area contributed by atoms with Gasteiger partial charge < -0.3 is 10.9 Å². The van der Waals surface area contributed by atoms with Crippen LogP contribution >= 0.6 is 0 Å². The lowest BCUT2D eigenvalue weighted by molar-refractivity contribution is 0.166. The molecule has 2 rings (SSSR count).